The monoisotopic (exact) mass is 429 g/mol. The van der Waals surface area contributed by atoms with Crippen molar-refractivity contribution in [3.05, 3.63) is 62.2 Å². The van der Waals surface area contributed by atoms with Gasteiger partial charge in [0.1, 0.15) is 0 Å². The summed E-state index contributed by atoms with van der Waals surface area (Å²) in [6.07, 6.45) is 0. The average Bonchev–Trinajstić information content (AvgIpc) is 2.48. The van der Waals surface area contributed by atoms with Crippen molar-refractivity contribution < 1.29 is 14.3 Å². The summed E-state index contributed by atoms with van der Waals surface area (Å²) in [6.45, 7) is 1.49. The van der Waals surface area contributed by atoms with E-state index in [2.05, 4.69) is 5.32 Å². The van der Waals surface area contributed by atoms with Crippen LogP contribution in [-0.4, -0.2) is 18.5 Å². The van der Waals surface area contributed by atoms with Crippen molar-refractivity contribution in [1.29, 1.82) is 0 Å². The lowest BCUT2D eigenvalue weighted by molar-refractivity contribution is -0.119. The van der Waals surface area contributed by atoms with Gasteiger partial charge in [-0.1, -0.05) is 23.7 Å². The fraction of sp³-hybridized carbons (Fsp3) is 0.125. The summed E-state index contributed by atoms with van der Waals surface area (Å²) in [5.74, 6) is -0.919. The molecule has 0 saturated carbocycles. The molecule has 114 valence electrons. The summed E-state index contributed by atoms with van der Waals surface area (Å²) >= 11 is 7.90. The highest BCUT2D eigenvalue weighted by Crippen LogP contribution is 2.19. The minimum atomic E-state index is -0.520. The van der Waals surface area contributed by atoms with Gasteiger partial charge in [-0.3, -0.25) is 4.79 Å². The zero-order valence-electron chi connectivity index (χ0n) is 11.7. The Labute approximate surface area is 146 Å². The zero-order valence-corrected chi connectivity index (χ0v) is 14.6. The molecular formula is C16H13ClINO3. The molecule has 6 heteroatoms. The van der Waals surface area contributed by atoms with Gasteiger partial charge in [0.25, 0.3) is 5.91 Å². The van der Waals surface area contributed by atoms with Crippen molar-refractivity contribution >= 4 is 51.8 Å². The Hall–Kier alpha value is -1.60. The molecule has 0 aliphatic rings. The second-order valence-electron chi connectivity index (χ2n) is 4.56. The number of esters is 1. The first-order valence-electron chi connectivity index (χ1n) is 6.45. The summed E-state index contributed by atoms with van der Waals surface area (Å²) in [5, 5.41) is 3.28. The predicted molar refractivity (Wildman–Crippen MR) is 94.3 cm³/mol. The number of hydrogen-bond donors (Lipinski definition) is 1. The Morgan fingerprint density at radius 2 is 1.95 bits per heavy atom. The lowest BCUT2D eigenvalue weighted by atomic mass is 10.2. The van der Waals surface area contributed by atoms with E-state index >= 15 is 0 Å². The first-order valence-corrected chi connectivity index (χ1v) is 7.90. The number of nitrogens with one attached hydrogen (secondary N) is 1. The lowest BCUT2D eigenvalue weighted by Gasteiger charge is -2.09. The lowest BCUT2D eigenvalue weighted by Crippen LogP contribution is -2.21. The van der Waals surface area contributed by atoms with Crippen LogP contribution in [0.25, 0.3) is 0 Å². The smallest absolute Gasteiger partial charge is 0.339 e. The predicted octanol–water partition coefficient (Wildman–Crippen LogP) is 4.05. The molecule has 0 fully saturated rings. The second kappa shape index (κ2) is 7.60. The standard InChI is InChI=1S/C16H13ClINO3/c1-10-8-11(17)6-7-14(10)19-15(20)9-22-16(21)12-4-2-3-5-13(12)18/h2-8H,9H2,1H3,(H,19,20). The summed E-state index contributed by atoms with van der Waals surface area (Å²) in [7, 11) is 0. The fourth-order valence-electron chi connectivity index (χ4n) is 1.79. The van der Waals surface area contributed by atoms with Crippen LogP contribution in [-0.2, 0) is 9.53 Å². The quantitative estimate of drug-likeness (QED) is 0.589. The third kappa shape index (κ3) is 4.45. The Balaban J connectivity index is 1.93. The molecule has 0 spiro atoms. The molecule has 1 amide bonds. The fourth-order valence-corrected chi connectivity index (χ4v) is 2.62. The molecule has 2 aromatic carbocycles. The minimum Gasteiger partial charge on any atom is -0.452 e. The topological polar surface area (TPSA) is 55.4 Å². The number of hydrogen-bond acceptors (Lipinski definition) is 3. The third-order valence-corrected chi connectivity index (χ3v) is 4.07. The molecule has 0 aliphatic carbocycles. The maximum atomic E-state index is 11.9. The molecule has 0 radical (unpaired) electrons. The highest BCUT2D eigenvalue weighted by molar-refractivity contribution is 14.1. The first-order chi connectivity index (χ1) is 10.5. The van der Waals surface area contributed by atoms with E-state index in [-0.39, 0.29) is 6.61 Å². The molecule has 22 heavy (non-hydrogen) atoms. The summed E-state index contributed by atoms with van der Waals surface area (Å²) < 4.78 is 5.80. The van der Waals surface area contributed by atoms with E-state index in [0.29, 0.717) is 16.3 Å². The first kappa shape index (κ1) is 16.8. The van der Waals surface area contributed by atoms with Crippen LogP contribution >= 0.6 is 34.2 Å². The number of carbonyl (C=O) groups excluding carboxylic acids is 2. The molecule has 0 heterocycles. The van der Waals surface area contributed by atoms with Crippen molar-refractivity contribution in [3.8, 4) is 0 Å². The van der Waals surface area contributed by atoms with Crippen molar-refractivity contribution in [1.82, 2.24) is 0 Å². The van der Waals surface area contributed by atoms with Crippen molar-refractivity contribution in [2.75, 3.05) is 11.9 Å². The summed E-state index contributed by atoms with van der Waals surface area (Å²) in [5.41, 5.74) is 1.92. The number of anilines is 1. The van der Waals surface area contributed by atoms with E-state index in [0.717, 1.165) is 9.13 Å². The Morgan fingerprint density at radius 1 is 1.23 bits per heavy atom. The van der Waals surface area contributed by atoms with E-state index < -0.39 is 11.9 Å². The Kier molecular flexibility index (Phi) is 5.79. The molecule has 2 aromatic rings. The van der Waals surface area contributed by atoms with Gasteiger partial charge in [0.15, 0.2) is 6.61 Å². The van der Waals surface area contributed by atoms with Crippen LogP contribution in [0, 0.1) is 10.5 Å². The van der Waals surface area contributed by atoms with Gasteiger partial charge < -0.3 is 10.1 Å². The van der Waals surface area contributed by atoms with E-state index in [9.17, 15) is 9.59 Å². The van der Waals surface area contributed by atoms with E-state index in [1.165, 1.54) is 0 Å². The molecule has 2 rings (SSSR count). The molecule has 0 aliphatic heterocycles. The molecule has 0 atom stereocenters. The number of ether oxygens (including phenoxy) is 1. The molecular weight excluding hydrogens is 417 g/mol. The Bertz CT molecular complexity index is 718. The number of carbonyl (C=O) groups is 2. The number of aryl methyl sites for hydroxylation is 1. The van der Waals surface area contributed by atoms with E-state index in [1.807, 2.05) is 35.6 Å². The Morgan fingerprint density at radius 3 is 2.64 bits per heavy atom. The summed E-state index contributed by atoms with van der Waals surface area (Å²) in [6, 6.07) is 12.2. The van der Waals surface area contributed by atoms with Gasteiger partial charge in [-0.05, 0) is 65.4 Å². The molecule has 0 saturated heterocycles. The van der Waals surface area contributed by atoms with Gasteiger partial charge in [-0.25, -0.2) is 4.79 Å². The van der Waals surface area contributed by atoms with Gasteiger partial charge in [-0.2, -0.15) is 0 Å². The molecule has 0 unspecified atom stereocenters. The molecule has 1 N–H and O–H groups in total. The zero-order chi connectivity index (χ0) is 16.1. The van der Waals surface area contributed by atoms with Crippen LogP contribution in [0.4, 0.5) is 5.69 Å². The summed E-state index contributed by atoms with van der Waals surface area (Å²) in [4.78, 5) is 23.8. The number of benzene rings is 2. The van der Waals surface area contributed by atoms with E-state index in [4.69, 9.17) is 16.3 Å². The van der Waals surface area contributed by atoms with Crippen LogP contribution in [0.2, 0.25) is 5.02 Å². The highest BCUT2D eigenvalue weighted by Gasteiger charge is 2.13. The third-order valence-electron chi connectivity index (χ3n) is 2.89. The number of amides is 1. The van der Waals surface area contributed by atoms with Gasteiger partial charge in [0.2, 0.25) is 0 Å². The number of rotatable bonds is 4. The number of halogens is 2. The van der Waals surface area contributed by atoms with Gasteiger partial charge in [0.05, 0.1) is 5.56 Å². The molecule has 0 aromatic heterocycles. The van der Waals surface area contributed by atoms with E-state index in [1.54, 1.807) is 36.4 Å². The van der Waals surface area contributed by atoms with Crippen molar-refractivity contribution in [2.24, 2.45) is 0 Å². The van der Waals surface area contributed by atoms with Crippen molar-refractivity contribution in [2.45, 2.75) is 6.92 Å². The van der Waals surface area contributed by atoms with Crippen LogP contribution in [0.15, 0.2) is 42.5 Å². The normalized spacial score (nSPS) is 10.1. The molecule has 0 bridgehead atoms. The second-order valence-corrected chi connectivity index (χ2v) is 6.16. The maximum absolute atomic E-state index is 11.9. The van der Waals surface area contributed by atoms with Crippen LogP contribution in [0.3, 0.4) is 0 Å². The minimum absolute atomic E-state index is 0.341. The largest absolute Gasteiger partial charge is 0.452 e. The van der Waals surface area contributed by atoms with Crippen molar-refractivity contribution in [3.63, 3.8) is 0 Å². The van der Waals surface area contributed by atoms with Gasteiger partial charge in [-0.15, -0.1) is 0 Å². The average molecular weight is 430 g/mol. The van der Waals surface area contributed by atoms with Gasteiger partial charge >= 0.3 is 5.97 Å². The maximum Gasteiger partial charge on any atom is 0.339 e. The molecule has 4 nitrogen and oxygen atoms in total. The van der Waals surface area contributed by atoms with Crippen LogP contribution in [0.1, 0.15) is 15.9 Å². The highest BCUT2D eigenvalue weighted by atomic mass is 127. The van der Waals surface area contributed by atoms with Crippen LogP contribution < -0.4 is 5.32 Å². The van der Waals surface area contributed by atoms with Gasteiger partial charge in [0, 0.05) is 14.3 Å². The van der Waals surface area contributed by atoms with Crippen LogP contribution in [0.5, 0.6) is 0 Å². The SMILES string of the molecule is Cc1cc(Cl)ccc1NC(=O)COC(=O)c1ccccc1I.